The van der Waals surface area contributed by atoms with Gasteiger partial charge in [0.05, 0.1) is 5.70 Å². The highest BCUT2D eigenvalue weighted by Crippen LogP contribution is 2.56. The van der Waals surface area contributed by atoms with Crippen molar-refractivity contribution in [2.75, 3.05) is 13.1 Å². The summed E-state index contributed by atoms with van der Waals surface area (Å²) in [4.78, 5) is 25.9. The number of nitrogens with zero attached hydrogens (tertiary/aromatic N) is 1. The molecule has 122 valence electrons. The van der Waals surface area contributed by atoms with Crippen molar-refractivity contribution < 1.29 is 18.4 Å². The van der Waals surface area contributed by atoms with Crippen molar-refractivity contribution in [3.8, 4) is 0 Å². The first kappa shape index (κ1) is 15.4. The first-order chi connectivity index (χ1) is 10.0. The molecule has 1 saturated heterocycles. The second-order valence-corrected chi connectivity index (χ2v) is 7.80. The standard InChI is InChI=1S/C16H22F2N2O2/c1-9-11(16(9,17)18)13(22)20-5-4-15(8-20)6-10(19)12(21)14(2,3)7-15/h6,9,11H,4-5,7-8,19H2,1-3H3/t9?,11?,15-/m1/s1. The zero-order chi connectivity index (χ0) is 16.5. The average Bonchev–Trinajstić information content (AvgIpc) is 2.72. The van der Waals surface area contributed by atoms with Crippen LogP contribution in [-0.4, -0.2) is 35.6 Å². The van der Waals surface area contributed by atoms with Gasteiger partial charge in [0.2, 0.25) is 5.91 Å². The van der Waals surface area contributed by atoms with E-state index in [4.69, 9.17) is 5.73 Å². The molecule has 1 saturated carbocycles. The predicted octanol–water partition coefficient (Wildman–Crippen LogP) is 1.95. The van der Waals surface area contributed by atoms with E-state index >= 15 is 0 Å². The molecule has 22 heavy (non-hydrogen) atoms. The van der Waals surface area contributed by atoms with Crippen molar-refractivity contribution in [2.24, 2.45) is 28.4 Å². The first-order valence-corrected chi connectivity index (χ1v) is 7.70. The molecule has 0 aromatic carbocycles. The Morgan fingerprint density at radius 2 is 2.00 bits per heavy atom. The lowest BCUT2D eigenvalue weighted by Crippen LogP contribution is -2.43. The van der Waals surface area contributed by atoms with Gasteiger partial charge in [0.25, 0.3) is 5.92 Å². The molecule has 2 unspecified atom stereocenters. The summed E-state index contributed by atoms with van der Waals surface area (Å²) in [5.74, 6) is -5.46. The van der Waals surface area contributed by atoms with Gasteiger partial charge in [-0.15, -0.1) is 0 Å². The largest absolute Gasteiger partial charge is 0.396 e. The molecule has 2 N–H and O–H groups in total. The van der Waals surface area contributed by atoms with Gasteiger partial charge in [-0.05, 0) is 18.9 Å². The summed E-state index contributed by atoms with van der Waals surface area (Å²) in [6.07, 6.45) is 3.02. The summed E-state index contributed by atoms with van der Waals surface area (Å²) in [6.45, 7) is 5.93. The molecule has 3 aliphatic rings. The van der Waals surface area contributed by atoms with E-state index in [2.05, 4.69) is 0 Å². The first-order valence-electron chi connectivity index (χ1n) is 7.70. The fourth-order valence-corrected chi connectivity index (χ4v) is 4.20. The van der Waals surface area contributed by atoms with Crippen LogP contribution in [0, 0.1) is 22.7 Å². The number of carbonyl (C=O) groups excluding carboxylic acids is 2. The Morgan fingerprint density at radius 3 is 2.50 bits per heavy atom. The monoisotopic (exact) mass is 312 g/mol. The SMILES string of the molecule is CC1C(C(=O)N2CC[C@]3(C=C(N)C(=O)C(C)(C)C3)C2)C1(F)F. The van der Waals surface area contributed by atoms with Gasteiger partial charge in [-0.3, -0.25) is 9.59 Å². The molecule has 3 atom stereocenters. The maximum atomic E-state index is 13.4. The molecule has 1 heterocycles. The van der Waals surface area contributed by atoms with Crippen LogP contribution >= 0.6 is 0 Å². The number of likely N-dealkylation sites (tertiary alicyclic amines) is 1. The van der Waals surface area contributed by atoms with Crippen LogP contribution in [0.5, 0.6) is 0 Å². The number of rotatable bonds is 1. The van der Waals surface area contributed by atoms with Crippen LogP contribution < -0.4 is 5.73 Å². The van der Waals surface area contributed by atoms with Gasteiger partial charge in [-0.1, -0.05) is 20.8 Å². The number of hydrogen-bond donors (Lipinski definition) is 1. The lowest BCUT2D eigenvalue weighted by atomic mass is 9.65. The summed E-state index contributed by atoms with van der Waals surface area (Å²) in [6, 6.07) is 0. The Bertz CT molecular complexity index is 585. The fourth-order valence-electron chi connectivity index (χ4n) is 4.20. The molecule has 1 aliphatic heterocycles. The zero-order valence-electron chi connectivity index (χ0n) is 13.2. The zero-order valence-corrected chi connectivity index (χ0v) is 13.2. The molecule has 0 aromatic heterocycles. The second-order valence-electron chi connectivity index (χ2n) is 7.80. The summed E-state index contributed by atoms with van der Waals surface area (Å²) in [7, 11) is 0. The van der Waals surface area contributed by atoms with Crippen molar-refractivity contribution in [3.05, 3.63) is 11.8 Å². The molecule has 2 fully saturated rings. The highest BCUT2D eigenvalue weighted by atomic mass is 19.3. The second kappa shape index (κ2) is 4.30. The van der Waals surface area contributed by atoms with Gasteiger partial charge >= 0.3 is 0 Å². The molecule has 0 radical (unpaired) electrons. The number of alkyl halides is 2. The minimum absolute atomic E-state index is 0.0785. The minimum atomic E-state index is -2.87. The van der Waals surface area contributed by atoms with Crippen LogP contribution in [0.1, 0.15) is 33.6 Å². The van der Waals surface area contributed by atoms with E-state index in [9.17, 15) is 18.4 Å². The van der Waals surface area contributed by atoms with E-state index in [1.165, 1.54) is 11.8 Å². The van der Waals surface area contributed by atoms with Crippen LogP contribution in [0.4, 0.5) is 8.78 Å². The van der Waals surface area contributed by atoms with E-state index in [1.807, 2.05) is 13.8 Å². The van der Waals surface area contributed by atoms with Crippen molar-refractivity contribution >= 4 is 11.7 Å². The Balaban J connectivity index is 1.78. The number of Topliss-reactive ketones (excluding diaryl/α,β-unsaturated/α-hetero) is 1. The van der Waals surface area contributed by atoms with E-state index in [0.717, 1.165) is 0 Å². The lowest BCUT2D eigenvalue weighted by molar-refractivity contribution is -0.134. The Morgan fingerprint density at radius 1 is 1.41 bits per heavy atom. The predicted molar refractivity (Wildman–Crippen MR) is 76.9 cm³/mol. The van der Waals surface area contributed by atoms with Gasteiger partial charge in [-0.2, -0.15) is 0 Å². The smallest absolute Gasteiger partial charge is 0.263 e. The molecular weight excluding hydrogens is 290 g/mol. The maximum Gasteiger partial charge on any atom is 0.263 e. The third-order valence-electron chi connectivity index (χ3n) is 5.51. The van der Waals surface area contributed by atoms with Crippen LogP contribution in [-0.2, 0) is 9.59 Å². The normalized spacial score (nSPS) is 39.0. The van der Waals surface area contributed by atoms with Gasteiger partial charge in [0.15, 0.2) is 5.78 Å². The summed E-state index contributed by atoms with van der Waals surface area (Å²) in [5, 5.41) is 0. The van der Waals surface area contributed by atoms with Crippen molar-refractivity contribution in [1.82, 2.24) is 4.90 Å². The fraction of sp³-hybridized carbons (Fsp3) is 0.750. The highest BCUT2D eigenvalue weighted by molar-refractivity contribution is 5.99. The molecule has 6 heteroatoms. The maximum absolute atomic E-state index is 13.4. The van der Waals surface area contributed by atoms with Crippen molar-refractivity contribution in [1.29, 1.82) is 0 Å². The summed E-state index contributed by atoms with van der Waals surface area (Å²) in [5.41, 5.74) is 5.16. The highest BCUT2D eigenvalue weighted by Gasteiger charge is 2.70. The number of nitrogens with two attached hydrogens (primary N) is 1. The number of amides is 1. The Hall–Kier alpha value is -1.46. The third kappa shape index (κ3) is 2.07. The quantitative estimate of drug-likeness (QED) is 0.805. The summed E-state index contributed by atoms with van der Waals surface area (Å²) >= 11 is 0. The molecule has 1 spiro atoms. The number of allylic oxidation sites excluding steroid dienone is 1. The molecule has 3 rings (SSSR count). The minimum Gasteiger partial charge on any atom is -0.396 e. The number of ketones is 1. The van der Waals surface area contributed by atoms with E-state index in [-0.39, 0.29) is 16.9 Å². The summed E-state index contributed by atoms with van der Waals surface area (Å²) < 4.78 is 26.9. The van der Waals surface area contributed by atoms with Gasteiger partial charge in [-0.25, -0.2) is 8.78 Å². The van der Waals surface area contributed by atoms with Crippen molar-refractivity contribution in [2.45, 2.75) is 39.5 Å². The van der Waals surface area contributed by atoms with E-state index < -0.39 is 29.1 Å². The van der Waals surface area contributed by atoms with E-state index in [1.54, 1.807) is 6.08 Å². The van der Waals surface area contributed by atoms with Crippen LogP contribution in [0.2, 0.25) is 0 Å². The van der Waals surface area contributed by atoms with Gasteiger partial charge in [0, 0.05) is 29.8 Å². The molecule has 0 bridgehead atoms. The van der Waals surface area contributed by atoms with Crippen LogP contribution in [0.15, 0.2) is 11.8 Å². The third-order valence-corrected chi connectivity index (χ3v) is 5.51. The topological polar surface area (TPSA) is 63.4 Å². The van der Waals surface area contributed by atoms with Gasteiger partial charge in [0.1, 0.15) is 5.92 Å². The van der Waals surface area contributed by atoms with Crippen LogP contribution in [0.25, 0.3) is 0 Å². The molecule has 1 amide bonds. The number of carbonyl (C=O) groups is 2. The molecular formula is C16H22F2N2O2. The van der Waals surface area contributed by atoms with Crippen molar-refractivity contribution in [3.63, 3.8) is 0 Å². The number of halogens is 2. The average molecular weight is 312 g/mol. The Kier molecular flexibility index (Phi) is 3.01. The van der Waals surface area contributed by atoms with Crippen LogP contribution in [0.3, 0.4) is 0 Å². The number of hydrogen-bond acceptors (Lipinski definition) is 3. The molecule has 2 aliphatic carbocycles. The Labute approximate surface area is 128 Å². The molecule has 0 aromatic rings. The van der Waals surface area contributed by atoms with E-state index in [0.29, 0.717) is 25.9 Å². The molecule has 4 nitrogen and oxygen atoms in total. The lowest BCUT2D eigenvalue weighted by Gasteiger charge is -2.39. The van der Waals surface area contributed by atoms with Gasteiger partial charge < -0.3 is 10.6 Å².